The molecule has 2 amide bonds. The lowest BCUT2D eigenvalue weighted by Crippen LogP contribution is -2.24. The van der Waals surface area contributed by atoms with E-state index in [2.05, 4.69) is 5.32 Å². The van der Waals surface area contributed by atoms with E-state index in [0.29, 0.717) is 29.7 Å². The number of hydrogen-bond donors (Lipinski definition) is 1. The quantitative estimate of drug-likeness (QED) is 0.568. The fraction of sp³-hybridized carbons (Fsp3) is 0.160. The van der Waals surface area contributed by atoms with Gasteiger partial charge in [0.2, 0.25) is 5.91 Å². The third-order valence-corrected chi connectivity index (χ3v) is 5.76. The van der Waals surface area contributed by atoms with E-state index in [-0.39, 0.29) is 17.6 Å². The number of fused-ring (bicyclic) bond motifs is 3. The van der Waals surface area contributed by atoms with Crippen LogP contribution in [-0.4, -0.2) is 24.1 Å². The summed E-state index contributed by atoms with van der Waals surface area (Å²) in [5, 5.41) is 2.91. The summed E-state index contributed by atoms with van der Waals surface area (Å²) in [6.45, 7) is 1.13. The standard InChI is InChI=1S/C25H20N2O3/c28-23-6-3-13-27(23)18-10-7-16(8-11-18)15-26-25(30)17-9-12-20-19-4-1-2-5-21(19)24(29)22(20)14-17/h1-2,4-5,7-12,14H,3,6,13,15H2,(H,26,30). The first kappa shape index (κ1) is 18.3. The van der Waals surface area contributed by atoms with Crippen LogP contribution in [0.25, 0.3) is 11.1 Å². The van der Waals surface area contributed by atoms with Crippen LogP contribution in [0.4, 0.5) is 5.69 Å². The highest BCUT2D eigenvalue weighted by Crippen LogP contribution is 2.36. The lowest BCUT2D eigenvalue weighted by Gasteiger charge is -2.16. The van der Waals surface area contributed by atoms with Gasteiger partial charge in [-0.2, -0.15) is 0 Å². The van der Waals surface area contributed by atoms with Gasteiger partial charge in [0.15, 0.2) is 5.78 Å². The Balaban J connectivity index is 1.28. The van der Waals surface area contributed by atoms with Gasteiger partial charge in [-0.1, -0.05) is 42.5 Å². The van der Waals surface area contributed by atoms with Crippen molar-refractivity contribution in [2.24, 2.45) is 0 Å². The van der Waals surface area contributed by atoms with Crippen molar-refractivity contribution in [1.82, 2.24) is 5.32 Å². The van der Waals surface area contributed by atoms with E-state index >= 15 is 0 Å². The number of amides is 2. The highest BCUT2D eigenvalue weighted by molar-refractivity contribution is 6.22. The van der Waals surface area contributed by atoms with Crippen molar-refractivity contribution in [3.63, 3.8) is 0 Å². The van der Waals surface area contributed by atoms with Crippen LogP contribution in [-0.2, 0) is 11.3 Å². The van der Waals surface area contributed by atoms with E-state index in [1.165, 1.54) is 0 Å². The summed E-state index contributed by atoms with van der Waals surface area (Å²) in [6, 6.07) is 20.4. The second kappa shape index (κ2) is 7.26. The van der Waals surface area contributed by atoms with Crippen molar-refractivity contribution >= 4 is 23.3 Å². The molecule has 0 aromatic heterocycles. The number of nitrogens with one attached hydrogen (secondary N) is 1. The number of carbonyl (C=O) groups is 3. The molecule has 1 fully saturated rings. The van der Waals surface area contributed by atoms with Crippen LogP contribution in [0.15, 0.2) is 66.7 Å². The summed E-state index contributed by atoms with van der Waals surface area (Å²) in [5.41, 5.74) is 5.35. The summed E-state index contributed by atoms with van der Waals surface area (Å²) < 4.78 is 0. The van der Waals surface area contributed by atoms with Gasteiger partial charge in [0.1, 0.15) is 0 Å². The molecule has 0 atom stereocenters. The molecule has 0 radical (unpaired) electrons. The molecule has 30 heavy (non-hydrogen) atoms. The van der Waals surface area contributed by atoms with Gasteiger partial charge in [-0.05, 0) is 47.4 Å². The van der Waals surface area contributed by atoms with Crippen molar-refractivity contribution in [3.8, 4) is 11.1 Å². The third kappa shape index (κ3) is 3.08. The third-order valence-electron chi connectivity index (χ3n) is 5.76. The van der Waals surface area contributed by atoms with E-state index in [4.69, 9.17) is 0 Å². The van der Waals surface area contributed by atoms with Gasteiger partial charge in [0.25, 0.3) is 5.91 Å². The number of nitrogens with zero attached hydrogens (tertiary/aromatic N) is 1. The first-order chi connectivity index (χ1) is 14.6. The average molecular weight is 396 g/mol. The molecule has 1 N–H and O–H groups in total. The second-order valence-corrected chi connectivity index (χ2v) is 7.63. The topological polar surface area (TPSA) is 66.5 Å². The molecule has 148 valence electrons. The lowest BCUT2D eigenvalue weighted by atomic mass is 10.0. The molecule has 5 heteroatoms. The Morgan fingerprint density at radius 3 is 2.33 bits per heavy atom. The maximum Gasteiger partial charge on any atom is 0.251 e. The smallest absolute Gasteiger partial charge is 0.251 e. The molecule has 0 unspecified atom stereocenters. The Labute approximate surface area is 174 Å². The minimum Gasteiger partial charge on any atom is -0.348 e. The summed E-state index contributed by atoms with van der Waals surface area (Å²) in [4.78, 5) is 38.9. The molecule has 0 bridgehead atoms. The Morgan fingerprint density at radius 2 is 1.60 bits per heavy atom. The molecule has 0 saturated carbocycles. The van der Waals surface area contributed by atoms with E-state index in [0.717, 1.165) is 35.3 Å². The zero-order valence-electron chi connectivity index (χ0n) is 16.4. The van der Waals surface area contributed by atoms with Crippen molar-refractivity contribution in [2.45, 2.75) is 19.4 Å². The molecule has 1 aliphatic carbocycles. The van der Waals surface area contributed by atoms with Crippen molar-refractivity contribution in [3.05, 3.63) is 89.0 Å². The van der Waals surface area contributed by atoms with Gasteiger partial charge in [0, 0.05) is 41.9 Å². The van der Waals surface area contributed by atoms with Crippen LogP contribution in [0.2, 0.25) is 0 Å². The minimum absolute atomic E-state index is 0.0395. The Bertz CT molecular complexity index is 1180. The summed E-state index contributed by atoms with van der Waals surface area (Å²) in [7, 11) is 0. The number of hydrogen-bond acceptors (Lipinski definition) is 3. The second-order valence-electron chi connectivity index (χ2n) is 7.63. The first-order valence-electron chi connectivity index (χ1n) is 10.1. The van der Waals surface area contributed by atoms with Gasteiger partial charge >= 0.3 is 0 Å². The predicted molar refractivity (Wildman–Crippen MR) is 115 cm³/mol. The largest absolute Gasteiger partial charge is 0.348 e. The summed E-state index contributed by atoms with van der Waals surface area (Å²) >= 11 is 0. The van der Waals surface area contributed by atoms with Crippen LogP contribution < -0.4 is 10.2 Å². The molecule has 0 spiro atoms. The van der Waals surface area contributed by atoms with Crippen molar-refractivity contribution in [2.75, 3.05) is 11.4 Å². The monoisotopic (exact) mass is 396 g/mol. The highest BCUT2D eigenvalue weighted by Gasteiger charge is 2.27. The zero-order chi connectivity index (χ0) is 20.7. The van der Waals surface area contributed by atoms with E-state index in [1.807, 2.05) is 54.6 Å². The Hall–Kier alpha value is -3.73. The van der Waals surface area contributed by atoms with Gasteiger partial charge in [-0.3, -0.25) is 14.4 Å². The molecule has 5 rings (SSSR count). The molecule has 1 heterocycles. The van der Waals surface area contributed by atoms with Crippen molar-refractivity contribution < 1.29 is 14.4 Å². The van der Waals surface area contributed by atoms with Crippen LogP contribution >= 0.6 is 0 Å². The molecule has 3 aromatic carbocycles. The molecular formula is C25H20N2O3. The molecule has 1 saturated heterocycles. The molecule has 5 nitrogen and oxygen atoms in total. The minimum atomic E-state index is -0.222. The number of ketones is 1. The average Bonchev–Trinajstić information content (AvgIpc) is 3.34. The lowest BCUT2D eigenvalue weighted by molar-refractivity contribution is -0.117. The molecule has 1 aliphatic heterocycles. The van der Waals surface area contributed by atoms with E-state index in [1.54, 1.807) is 17.0 Å². The Morgan fingerprint density at radius 1 is 0.867 bits per heavy atom. The van der Waals surface area contributed by atoms with Gasteiger partial charge in [-0.25, -0.2) is 0 Å². The SMILES string of the molecule is O=C(NCc1ccc(N2CCCC2=O)cc1)c1ccc2c(c1)C(=O)c1ccccc1-2. The number of benzene rings is 3. The Kier molecular flexibility index (Phi) is 4.43. The first-order valence-corrected chi connectivity index (χ1v) is 10.1. The van der Waals surface area contributed by atoms with Crippen LogP contribution in [0.1, 0.15) is 44.7 Å². The summed E-state index contributed by atoms with van der Waals surface area (Å²) in [5.74, 6) is -0.105. The predicted octanol–water partition coefficient (Wildman–Crippen LogP) is 3.95. The van der Waals surface area contributed by atoms with Crippen LogP contribution in [0.3, 0.4) is 0 Å². The highest BCUT2D eigenvalue weighted by atomic mass is 16.2. The van der Waals surface area contributed by atoms with Gasteiger partial charge in [-0.15, -0.1) is 0 Å². The van der Waals surface area contributed by atoms with Crippen LogP contribution in [0.5, 0.6) is 0 Å². The summed E-state index contributed by atoms with van der Waals surface area (Å²) in [6.07, 6.45) is 1.50. The van der Waals surface area contributed by atoms with Crippen molar-refractivity contribution in [1.29, 1.82) is 0 Å². The fourth-order valence-electron chi connectivity index (χ4n) is 4.17. The molecule has 3 aromatic rings. The zero-order valence-corrected chi connectivity index (χ0v) is 16.4. The van der Waals surface area contributed by atoms with E-state index in [9.17, 15) is 14.4 Å². The maximum atomic E-state index is 12.6. The number of anilines is 1. The fourth-order valence-corrected chi connectivity index (χ4v) is 4.17. The number of rotatable bonds is 4. The normalized spacial score (nSPS) is 14.6. The van der Waals surface area contributed by atoms with Gasteiger partial charge in [0.05, 0.1) is 0 Å². The number of carbonyl (C=O) groups excluding carboxylic acids is 3. The molecule has 2 aliphatic rings. The van der Waals surface area contributed by atoms with E-state index < -0.39 is 0 Å². The van der Waals surface area contributed by atoms with Crippen LogP contribution in [0, 0.1) is 0 Å². The molecular weight excluding hydrogens is 376 g/mol. The maximum absolute atomic E-state index is 12.6. The van der Waals surface area contributed by atoms with Gasteiger partial charge < -0.3 is 10.2 Å².